The van der Waals surface area contributed by atoms with Gasteiger partial charge in [0.15, 0.2) is 0 Å². The van der Waals surface area contributed by atoms with Crippen LogP contribution >= 0.6 is 0 Å². The lowest BCUT2D eigenvalue weighted by Gasteiger charge is -2.20. The van der Waals surface area contributed by atoms with Crippen molar-refractivity contribution in [2.24, 2.45) is 0 Å². The number of sulfonamides is 2. The molecule has 0 saturated heterocycles. The van der Waals surface area contributed by atoms with Crippen LogP contribution in [0.2, 0.25) is 0 Å². The van der Waals surface area contributed by atoms with Gasteiger partial charge in [-0.1, -0.05) is 26.0 Å². The largest absolute Gasteiger partial charge is 0.279 e. The first-order valence-corrected chi connectivity index (χ1v) is 12.5. The number of hydrogen-bond acceptors (Lipinski definition) is 4. The molecule has 3 rings (SSSR count). The van der Waals surface area contributed by atoms with Gasteiger partial charge in [0.25, 0.3) is 10.0 Å². The van der Waals surface area contributed by atoms with Crippen molar-refractivity contribution in [2.45, 2.75) is 49.3 Å². The number of rotatable bonds is 7. The van der Waals surface area contributed by atoms with Crippen LogP contribution in [0.15, 0.2) is 52.3 Å². The third kappa shape index (κ3) is 4.09. The summed E-state index contributed by atoms with van der Waals surface area (Å²) >= 11 is 0. The number of benzene rings is 2. The van der Waals surface area contributed by atoms with Crippen molar-refractivity contribution in [1.82, 2.24) is 4.31 Å². The molecule has 8 heteroatoms. The van der Waals surface area contributed by atoms with E-state index in [1.165, 1.54) is 34.1 Å². The molecule has 0 saturated carbocycles. The molecule has 0 radical (unpaired) electrons. The van der Waals surface area contributed by atoms with Gasteiger partial charge < -0.3 is 0 Å². The van der Waals surface area contributed by atoms with E-state index in [0.29, 0.717) is 18.8 Å². The van der Waals surface area contributed by atoms with E-state index in [1.807, 2.05) is 12.1 Å². The number of anilines is 1. The van der Waals surface area contributed by atoms with Crippen molar-refractivity contribution in [3.05, 3.63) is 53.6 Å². The van der Waals surface area contributed by atoms with Crippen LogP contribution in [0.3, 0.4) is 0 Å². The van der Waals surface area contributed by atoms with Crippen LogP contribution in [0, 0.1) is 0 Å². The molecule has 0 fully saturated rings. The smallest absolute Gasteiger partial charge is 0.261 e. The van der Waals surface area contributed by atoms with E-state index in [9.17, 15) is 16.8 Å². The van der Waals surface area contributed by atoms with Crippen LogP contribution in [-0.2, 0) is 32.9 Å². The van der Waals surface area contributed by atoms with Crippen molar-refractivity contribution in [2.75, 3.05) is 17.8 Å². The van der Waals surface area contributed by atoms with Crippen LogP contribution in [0.1, 0.15) is 37.8 Å². The Balaban J connectivity index is 1.88. The second-order valence-corrected chi connectivity index (χ2v) is 10.4. The zero-order valence-electron chi connectivity index (χ0n) is 16.2. The average Bonchev–Trinajstić information content (AvgIpc) is 2.69. The summed E-state index contributed by atoms with van der Waals surface area (Å²) in [5.41, 5.74) is 2.85. The van der Waals surface area contributed by atoms with E-state index >= 15 is 0 Å². The fraction of sp³-hybridized carbons (Fsp3) is 0.400. The van der Waals surface area contributed by atoms with E-state index in [1.54, 1.807) is 19.9 Å². The van der Waals surface area contributed by atoms with Gasteiger partial charge in [0, 0.05) is 13.1 Å². The number of nitrogens with one attached hydrogen (secondary N) is 1. The summed E-state index contributed by atoms with van der Waals surface area (Å²) in [6.45, 7) is 4.26. The molecular formula is C20H26N2O4S2. The van der Waals surface area contributed by atoms with Gasteiger partial charge >= 0.3 is 0 Å². The van der Waals surface area contributed by atoms with Crippen molar-refractivity contribution < 1.29 is 16.8 Å². The molecule has 1 aliphatic rings. The minimum absolute atomic E-state index is 0.0411. The third-order valence-electron chi connectivity index (χ3n) is 5.12. The number of nitrogens with zero attached hydrogens (tertiary/aromatic N) is 1. The Kier molecular flexibility index (Phi) is 6.12. The Bertz CT molecular complexity index is 1040. The Morgan fingerprint density at radius 1 is 0.857 bits per heavy atom. The summed E-state index contributed by atoms with van der Waals surface area (Å²) in [5, 5.41) is 0. The van der Waals surface area contributed by atoms with Gasteiger partial charge in [-0.3, -0.25) is 4.72 Å². The second kappa shape index (κ2) is 8.23. The predicted molar refractivity (Wildman–Crippen MR) is 110 cm³/mol. The fourth-order valence-electron chi connectivity index (χ4n) is 3.58. The van der Waals surface area contributed by atoms with Gasteiger partial charge in [-0.05, 0) is 67.1 Å². The first-order valence-electron chi connectivity index (χ1n) is 9.53. The highest BCUT2D eigenvalue weighted by Crippen LogP contribution is 2.29. The lowest BCUT2D eigenvalue weighted by molar-refractivity contribution is 0.445. The third-order valence-corrected chi connectivity index (χ3v) is 8.56. The van der Waals surface area contributed by atoms with E-state index in [4.69, 9.17) is 0 Å². The van der Waals surface area contributed by atoms with Gasteiger partial charge in [-0.15, -0.1) is 0 Å². The van der Waals surface area contributed by atoms with Crippen molar-refractivity contribution in [1.29, 1.82) is 0 Å². The molecule has 6 nitrogen and oxygen atoms in total. The van der Waals surface area contributed by atoms with Crippen LogP contribution in [-0.4, -0.2) is 34.2 Å². The van der Waals surface area contributed by atoms with E-state index in [2.05, 4.69) is 4.72 Å². The Labute approximate surface area is 167 Å². The lowest BCUT2D eigenvalue weighted by Crippen LogP contribution is -2.30. The lowest BCUT2D eigenvalue weighted by atomic mass is 9.91. The maximum atomic E-state index is 12.8. The molecule has 1 N–H and O–H groups in total. The zero-order chi connectivity index (χ0) is 20.4. The van der Waals surface area contributed by atoms with E-state index in [-0.39, 0.29) is 9.79 Å². The summed E-state index contributed by atoms with van der Waals surface area (Å²) in [6.07, 6.45) is 3.98. The van der Waals surface area contributed by atoms with Gasteiger partial charge in [0.1, 0.15) is 0 Å². The molecule has 28 heavy (non-hydrogen) atoms. The topological polar surface area (TPSA) is 83.6 Å². The quantitative estimate of drug-likeness (QED) is 0.741. The second-order valence-electron chi connectivity index (χ2n) is 6.82. The fourth-order valence-corrected chi connectivity index (χ4v) is 6.13. The van der Waals surface area contributed by atoms with Crippen LogP contribution in [0.25, 0.3) is 0 Å². The van der Waals surface area contributed by atoms with Crippen molar-refractivity contribution in [3.63, 3.8) is 0 Å². The van der Waals surface area contributed by atoms with E-state index in [0.717, 1.165) is 31.2 Å². The zero-order valence-corrected chi connectivity index (χ0v) is 17.8. The van der Waals surface area contributed by atoms with E-state index < -0.39 is 20.0 Å². The Morgan fingerprint density at radius 3 is 2.11 bits per heavy atom. The molecule has 0 amide bonds. The molecule has 2 aromatic carbocycles. The molecule has 0 bridgehead atoms. The highest BCUT2D eigenvalue weighted by molar-refractivity contribution is 7.92. The van der Waals surface area contributed by atoms with Crippen LogP contribution in [0.5, 0.6) is 0 Å². The molecule has 0 heterocycles. The summed E-state index contributed by atoms with van der Waals surface area (Å²) in [4.78, 5) is 0.131. The highest BCUT2D eigenvalue weighted by Gasteiger charge is 2.23. The SMILES string of the molecule is CCN(CC)S(=O)(=O)c1ccc(S(=O)(=O)Nc2cccc3c2CCCC3)cc1. The summed E-state index contributed by atoms with van der Waals surface area (Å²) in [7, 11) is -7.42. The molecule has 152 valence electrons. The molecule has 0 aromatic heterocycles. The number of fused-ring (bicyclic) bond motifs is 1. The first kappa shape index (κ1) is 20.8. The summed E-state index contributed by atoms with van der Waals surface area (Å²) in [6, 6.07) is 11.1. The minimum Gasteiger partial charge on any atom is -0.279 e. The highest BCUT2D eigenvalue weighted by atomic mass is 32.2. The van der Waals surface area contributed by atoms with Gasteiger partial charge in [-0.2, -0.15) is 4.31 Å². The molecular weight excluding hydrogens is 396 g/mol. The van der Waals surface area contributed by atoms with Crippen molar-refractivity contribution in [3.8, 4) is 0 Å². The maximum absolute atomic E-state index is 12.8. The number of aryl methyl sites for hydroxylation is 1. The normalized spacial score (nSPS) is 14.7. The maximum Gasteiger partial charge on any atom is 0.261 e. The average molecular weight is 423 g/mol. The minimum atomic E-state index is -3.80. The molecule has 0 unspecified atom stereocenters. The summed E-state index contributed by atoms with van der Waals surface area (Å²) in [5.74, 6) is 0. The summed E-state index contributed by atoms with van der Waals surface area (Å²) < 4.78 is 54.8. The standard InChI is InChI=1S/C20H26N2O4S2/c1-3-22(4-2)28(25,26)18-14-12-17(13-15-18)27(23,24)21-20-11-7-9-16-8-5-6-10-19(16)20/h7,9,11-15,21H,3-6,8,10H2,1-2H3. The number of hydrogen-bond donors (Lipinski definition) is 1. The van der Waals surface area contributed by atoms with Crippen LogP contribution < -0.4 is 4.72 Å². The Hall–Kier alpha value is -1.90. The first-order chi connectivity index (χ1) is 13.3. The molecule has 1 aliphatic carbocycles. The molecule has 2 aromatic rings. The van der Waals surface area contributed by atoms with Crippen LogP contribution in [0.4, 0.5) is 5.69 Å². The molecule has 0 spiro atoms. The van der Waals surface area contributed by atoms with Crippen molar-refractivity contribution >= 4 is 25.7 Å². The predicted octanol–water partition coefficient (Wildman–Crippen LogP) is 3.40. The molecule has 0 atom stereocenters. The monoisotopic (exact) mass is 422 g/mol. The van der Waals surface area contributed by atoms with Gasteiger partial charge in [0.2, 0.25) is 10.0 Å². The van der Waals surface area contributed by atoms with Gasteiger partial charge in [-0.25, -0.2) is 16.8 Å². The molecule has 0 aliphatic heterocycles. The van der Waals surface area contributed by atoms with Gasteiger partial charge in [0.05, 0.1) is 15.5 Å². The Morgan fingerprint density at radius 2 is 1.46 bits per heavy atom.